The molecule has 0 saturated heterocycles. The lowest BCUT2D eigenvalue weighted by Gasteiger charge is -2.05. The highest BCUT2D eigenvalue weighted by molar-refractivity contribution is 5.94. The molecule has 0 unspecified atom stereocenters. The van der Waals surface area contributed by atoms with E-state index >= 15 is 0 Å². The zero-order valence-electron chi connectivity index (χ0n) is 12.4. The van der Waals surface area contributed by atoms with Crippen molar-refractivity contribution in [3.8, 4) is 6.07 Å². The Morgan fingerprint density at radius 2 is 2.00 bits per heavy atom. The number of carbonyl (C=O) groups excluding carboxylic acids is 2. The van der Waals surface area contributed by atoms with Crippen LogP contribution >= 0.6 is 0 Å². The maximum atomic E-state index is 11.7. The molecule has 0 atom stereocenters. The number of ether oxygens (including phenoxy) is 1. The predicted octanol–water partition coefficient (Wildman–Crippen LogP) is 2.65. The van der Waals surface area contributed by atoms with E-state index in [1.165, 1.54) is 12.2 Å². The predicted molar refractivity (Wildman–Crippen MR) is 83.2 cm³/mol. The van der Waals surface area contributed by atoms with Crippen molar-refractivity contribution in [2.24, 2.45) is 0 Å². The number of benzene rings is 1. The molecule has 6 heteroatoms. The minimum Gasteiger partial charge on any atom is -0.462 e. The average molecular weight is 310 g/mol. The fourth-order valence-electron chi connectivity index (χ4n) is 1.70. The van der Waals surface area contributed by atoms with Crippen LogP contribution in [0.5, 0.6) is 0 Å². The number of nitriles is 1. The lowest BCUT2D eigenvalue weighted by molar-refractivity contribution is -0.142. The Morgan fingerprint density at radius 1 is 1.26 bits per heavy atom. The molecular formula is C17H14N2O4. The van der Waals surface area contributed by atoms with Crippen molar-refractivity contribution >= 4 is 23.6 Å². The van der Waals surface area contributed by atoms with Gasteiger partial charge in [-0.05, 0) is 49.4 Å². The van der Waals surface area contributed by atoms with Crippen LogP contribution in [0.1, 0.15) is 17.1 Å². The fraction of sp³-hybridized carbons (Fsp3) is 0.118. The van der Waals surface area contributed by atoms with Crippen LogP contribution in [0.4, 0.5) is 5.69 Å². The van der Waals surface area contributed by atoms with Crippen molar-refractivity contribution in [3.05, 3.63) is 59.6 Å². The summed E-state index contributed by atoms with van der Waals surface area (Å²) < 4.78 is 10.1. The van der Waals surface area contributed by atoms with E-state index in [2.05, 4.69) is 5.32 Å². The molecular weight excluding hydrogens is 296 g/mol. The van der Waals surface area contributed by atoms with Crippen LogP contribution < -0.4 is 5.32 Å². The van der Waals surface area contributed by atoms with Gasteiger partial charge in [-0.15, -0.1) is 0 Å². The number of anilines is 1. The highest BCUT2D eigenvalue weighted by Gasteiger charge is 2.06. The highest BCUT2D eigenvalue weighted by Crippen LogP contribution is 2.09. The van der Waals surface area contributed by atoms with Crippen molar-refractivity contribution in [3.63, 3.8) is 0 Å². The van der Waals surface area contributed by atoms with E-state index in [1.807, 2.05) is 6.07 Å². The zero-order chi connectivity index (χ0) is 16.7. The standard InChI is InChI=1S/C17H14N2O4/c1-12-2-7-15(23-12)8-9-17(21)22-11-16(20)19-14-5-3-13(10-18)4-6-14/h2-9H,11H2,1H3,(H,19,20). The number of esters is 1. The van der Waals surface area contributed by atoms with E-state index in [-0.39, 0.29) is 0 Å². The first-order chi connectivity index (χ1) is 11.1. The smallest absolute Gasteiger partial charge is 0.331 e. The number of hydrogen-bond acceptors (Lipinski definition) is 5. The Kier molecular flexibility index (Phi) is 5.31. The van der Waals surface area contributed by atoms with Crippen LogP contribution in [0.3, 0.4) is 0 Å². The van der Waals surface area contributed by atoms with Gasteiger partial charge in [-0.1, -0.05) is 0 Å². The Bertz CT molecular complexity index is 767. The average Bonchev–Trinajstić information content (AvgIpc) is 2.97. The second-order valence-electron chi connectivity index (χ2n) is 4.63. The van der Waals surface area contributed by atoms with E-state index in [9.17, 15) is 9.59 Å². The number of rotatable bonds is 5. The van der Waals surface area contributed by atoms with Crippen LogP contribution in [0.25, 0.3) is 6.08 Å². The van der Waals surface area contributed by atoms with Gasteiger partial charge >= 0.3 is 5.97 Å². The van der Waals surface area contributed by atoms with Gasteiger partial charge < -0.3 is 14.5 Å². The van der Waals surface area contributed by atoms with Gasteiger partial charge in [0.2, 0.25) is 0 Å². The Morgan fingerprint density at radius 3 is 2.61 bits per heavy atom. The van der Waals surface area contributed by atoms with E-state index in [1.54, 1.807) is 43.3 Å². The molecule has 0 aliphatic rings. The summed E-state index contributed by atoms with van der Waals surface area (Å²) in [5, 5.41) is 11.2. The second-order valence-corrected chi connectivity index (χ2v) is 4.63. The quantitative estimate of drug-likeness (QED) is 0.677. The first-order valence-corrected chi connectivity index (χ1v) is 6.78. The monoisotopic (exact) mass is 310 g/mol. The number of nitrogens with one attached hydrogen (secondary N) is 1. The summed E-state index contributed by atoms with van der Waals surface area (Å²) in [6.07, 6.45) is 2.65. The lowest BCUT2D eigenvalue weighted by Crippen LogP contribution is -2.20. The summed E-state index contributed by atoms with van der Waals surface area (Å²) in [6.45, 7) is 1.39. The van der Waals surface area contributed by atoms with Crippen molar-refractivity contribution in [2.45, 2.75) is 6.92 Å². The van der Waals surface area contributed by atoms with E-state index in [0.717, 1.165) is 5.76 Å². The SMILES string of the molecule is Cc1ccc(C=CC(=O)OCC(=O)Nc2ccc(C#N)cc2)o1. The number of nitrogens with zero attached hydrogens (tertiary/aromatic N) is 1. The summed E-state index contributed by atoms with van der Waals surface area (Å²) in [5.41, 5.74) is 1.01. The molecule has 1 heterocycles. The Labute approximate surface area is 133 Å². The first kappa shape index (κ1) is 16.0. The molecule has 23 heavy (non-hydrogen) atoms. The maximum absolute atomic E-state index is 11.7. The van der Waals surface area contributed by atoms with E-state index in [4.69, 9.17) is 14.4 Å². The minimum atomic E-state index is -0.644. The van der Waals surface area contributed by atoms with E-state index < -0.39 is 18.5 Å². The summed E-state index contributed by atoms with van der Waals surface area (Å²) in [5.74, 6) is 0.153. The molecule has 1 amide bonds. The lowest BCUT2D eigenvalue weighted by atomic mass is 10.2. The van der Waals surface area contributed by atoms with Crippen LogP contribution in [0, 0.1) is 18.3 Å². The van der Waals surface area contributed by atoms with Crippen LogP contribution in [-0.4, -0.2) is 18.5 Å². The molecule has 0 bridgehead atoms. The Hall–Kier alpha value is -3.33. The van der Waals surface area contributed by atoms with Crippen LogP contribution in [0.2, 0.25) is 0 Å². The van der Waals surface area contributed by atoms with E-state index in [0.29, 0.717) is 17.0 Å². The molecule has 0 aliphatic heterocycles. The molecule has 0 radical (unpaired) electrons. The molecule has 1 aromatic heterocycles. The van der Waals surface area contributed by atoms with Gasteiger partial charge in [0.15, 0.2) is 6.61 Å². The number of hydrogen-bond donors (Lipinski definition) is 1. The fourth-order valence-corrected chi connectivity index (χ4v) is 1.70. The molecule has 0 saturated carbocycles. The summed E-state index contributed by atoms with van der Waals surface area (Å²) >= 11 is 0. The van der Waals surface area contributed by atoms with Gasteiger partial charge in [-0.2, -0.15) is 5.26 Å². The molecule has 6 nitrogen and oxygen atoms in total. The molecule has 0 aliphatic carbocycles. The maximum Gasteiger partial charge on any atom is 0.331 e. The molecule has 2 rings (SSSR count). The van der Waals surface area contributed by atoms with Gasteiger partial charge in [-0.3, -0.25) is 4.79 Å². The summed E-state index contributed by atoms with van der Waals surface area (Å²) in [7, 11) is 0. The zero-order valence-corrected chi connectivity index (χ0v) is 12.4. The van der Waals surface area contributed by atoms with Gasteiger partial charge in [-0.25, -0.2) is 4.79 Å². The third-order valence-corrected chi connectivity index (χ3v) is 2.79. The van der Waals surface area contributed by atoms with Crippen molar-refractivity contribution in [1.82, 2.24) is 0 Å². The number of aryl methyl sites for hydroxylation is 1. The van der Waals surface area contributed by atoms with Gasteiger partial charge in [0, 0.05) is 11.8 Å². The second kappa shape index (κ2) is 7.61. The topological polar surface area (TPSA) is 92.3 Å². The first-order valence-electron chi connectivity index (χ1n) is 6.78. The number of carbonyl (C=O) groups is 2. The third-order valence-electron chi connectivity index (χ3n) is 2.79. The molecule has 116 valence electrons. The van der Waals surface area contributed by atoms with Gasteiger partial charge in [0.05, 0.1) is 11.6 Å². The van der Waals surface area contributed by atoms with Crippen molar-refractivity contribution in [2.75, 3.05) is 11.9 Å². The number of furan rings is 1. The van der Waals surface area contributed by atoms with Gasteiger partial charge in [0.25, 0.3) is 5.91 Å². The van der Waals surface area contributed by atoms with Crippen LogP contribution in [0.15, 0.2) is 46.9 Å². The molecule has 0 fully saturated rings. The minimum absolute atomic E-state index is 0.402. The Balaban J connectivity index is 1.78. The summed E-state index contributed by atoms with van der Waals surface area (Å²) in [4.78, 5) is 23.1. The normalized spacial score (nSPS) is 10.3. The van der Waals surface area contributed by atoms with Crippen LogP contribution in [-0.2, 0) is 14.3 Å². The summed E-state index contributed by atoms with van der Waals surface area (Å²) in [6, 6.07) is 11.8. The van der Waals surface area contributed by atoms with Gasteiger partial charge in [0.1, 0.15) is 11.5 Å². The molecule has 1 N–H and O–H groups in total. The molecule has 1 aromatic carbocycles. The van der Waals surface area contributed by atoms with Crippen molar-refractivity contribution < 1.29 is 18.7 Å². The number of amides is 1. The van der Waals surface area contributed by atoms with Crippen molar-refractivity contribution in [1.29, 1.82) is 5.26 Å². The highest BCUT2D eigenvalue weighted by atomic mass is 16.5. The largest absolute Gasteiger partial charge is 0.462 e. The molecule has 2 aromatic rings. The molecule has 0 spiro atoms. The third kappa shape index (κ3) is 5.17.